The normalized spacial score (nSPS) is 12.2. The maximum Gasteiger partial charge on any atom is 0.306 e. The monoisotopic (exact) mass is 314 g/mol. The van der Waals surface area contributed by atoms with Crippen molar-refractivity contribution in [1.82, 2.24) is 0 Å². The summed E-state index contributed by atoms with van der Waals surface area (Å²) >= 11 is 0. The smallest absolute Gasteiger partial charge is 0.306 e. The minimum Gasteiger partial charge on any atom is -0.460 e. The van der Waals surface area contributed by atoms with Gasteiger partial charge in [0.1, 0.15) is 17.0 Å². The molecule has 0 unspecified atom stereocenters. The molecule has 0 aliphatic rings. The van der Waals surface area contributed by atoms with E-state index in [1.54, 1.807) is 41.5 Å². The Hall–Kier alpha value is -1.39. The van der Waals surface area contributed by atoms with Gasteiger partial charge in [0.2, 0.25) is 0 Å². The number of carbonyl (C=O) groups is 3. The number of ether oxygens (including phenoxy) is 2. The van der Waals surface area contributed by atoms with Gasteiger partial charge in [0.25, 0.3) is 0 Å². The fourth-order valence-corrected chi connectivity index (χ4v) is 1.92. The molecule has 0 aliphatic heterocycles. The van der Waals surface area contributed by atoms with E-state index in [2.05, 4.69) is 0 Å². The first-order valence-corrected chi connectivity index (χ1v) is 7.74. The zero-order chi connectivity index (χ0) is 17.6. The van der Waals surface area contributed by atoms with Crippen molar-refractivity contribution in [3.63, 3.8) is 0 Å². The average Bonchev–Trinajstić information content (AvgIpc) is 2.23. The Balaban J connectivity index is 4.31. The van der Waals surface area contributed by atoms with Crippen molar-refractivity contribution >= 4 is 17.7 Å². The number of hydrogen-bond donors (Lipinski definition) is 0. The first-order valence-electron chi connectivity index (χ1n) is 7.74. The average molecular weight is 314 g/mol. The molecule has 128 valence electrons. The highest BCUT2D eigenvalue weighted by Gasteiger charge is 2.22. The van der Waals surface area contributed by atoms with Crippen LogP contribution in [-0.2, 0) is 23.9 Å². The van der Waals surface area contributed by atoms with E-state index in [0.717, 1.165) is 0 Å². The molecule has 0 saturated heterocycles. The Morgan fingerprint density at radius 3 is 1.32 bits per heavy atom. The molecule has 0 heterocycles. The van der Waals surface area contributed by atoms with Gasteiger partial charge < -0.3 is 9.47 Å². The van der Waals surface area contributed by atoms with Crippen LogP contribution in [-0.4, -0.2) is 28.9 Å². The molecule has 0 aliphatic carbocycles. The first-order chi connectivity index (χ1) is 9.80. The second-order valence-electron chi connectivity index (χ2n) is 7.56. The molecule has 0 N–H and O–H groups in total. The van der Waals surface area contributed by atoms with Crippen LogP contribution in [0.15, 0.2) is 0 Å². The second-order valence-corrected chi connectivity index (χ2v) is 7.56. The lowest BCUT2D eigenvalue weighted by atomic mass is 9.94. The van der Waals surface area contributed by atoms with Crippen LogP contribution in [0.1, 0.15) is 74.1 Å². The van der Waals surface area contributed by atoms with Crippen molar-refractivity contribution in [2.24, 2.45) is 5.92 Å². The fraction of sp³-hybridized carbons (Fsp3) is 0.824. The van der Waals surface area contributed by atoms with Crippen molar-refractivity contribution in [2.75, 3.05) is 0 Å². The molecule has 0 spiro atoms. The maximum atomic E-state index is 11.7. The number of hydrogen-bond acceptors (Lipinski definition) is 5. The van der Waals surface area contributed by atoms with E-state index < -0.39 is 11.2 Å². The Morgan fingerprint density at radius 2 is 1.09 bits per heavy atom. The van der Waals surface area contributed by atoms with Crippen LogP contribution in [0.25, 0.3) is 0 Å². The van der Waals surface area contributed by atoms with Gasteiger partial charge in [0.05, 0.1) is 0 Å². The van der Waals surface area contributed by atoms with E-state index in [-0.39, 0.29) is 36.5 Å². The Labute approximate surface area is 133 Å². The summed E-state index contributed by atoms with van der Waals surface area (Å²) in [6.07, 6.45) is 1.14. The first kappa shape index (κ1) is 20.6. The molecule has 0 atom stereocenters. The van der Waals surface area contributed by atoms with Gasteiger partial charge in [-0.05, 0) is 61.3 Å². The molecule has 0 aromatic rings. The van der Waals surface area contributed by atoms with E-state index in [4.69, 9.17) is 9.47 Å². The van der Waals surface area contributed by atoms with Crippen molar-refractivity contribution in [3.8, 4) is 0 Å². The lowest BCUT2D eigenvalue weighted by Crippen LogP contribution is -2.26. The van der Waals surface area contributed by atoms with Gasteiger partial charge in [-0.3, -0.25) is 14.4 Å². The van der Waals surface area contributed by atoms with Gasteiger partial charge in [-0.2, -0.15) is 0 Å². The predicted octanol–water partition coefficient (Wildman–Crippen LogP) is 3.44. The summed E-state index contributed by atoms with van der Waals surface area (Å²) in [6.45, 7) is 12.3. The molecule has 0 amide bonds. The number of ketones is 1. The van der Waals surface area contributed by atoms with Gasteiger partial charge in [0.15, 0.2) is 0 Å². The van der Waals surface area contributed by atoms with Gasteiger partial charge in [-0.15, -0.1) is 0 Å². The van der Waals surface area contributed by atoms with Crippen molar-refractivity contribution in [1.29, 1.82) is 0 Å². The van der Waals surface area contributed by atoms with E-state index in [1.807, 2.05) is 0 Å². The Bertz CT molecular complexity index is 366. The molecular formula is C17H30O5. The van der Waals surface area contributed by atoms with Crippen LogP contribution in [0.3, 0.4) is 0 Å². The molecule has 22 heavy (non-hydrogen) atoms. The Morgan fingerprint density at radius 1 is 0.773 bits per heavy atom. The zero-order valence-corrected chi connectivity index (χ0v) is 14.9. The predicted molar refractivity (Wildman–Crippen MR) is 84.3 cm³/mol. The maximum absolute atomic E-state index is 11.7. The summed E-state index contributed by atoms with van der Waals surface area (Å²) in [6, 6.07) is 0. The molecule has 0 radical (unpaired) electrons. The van der Waals surface area contributed by atoms with Gasteiger partial charge in [-0.25, -0.2) is 0 Å². The number of Topliss-reactive ketones (excluding diaryl/α,β-unsaturated/α-hetero) is 1. The third-order valence-corrected chi connectivity index (χ3v) is 2.81. The molecule has 5 nitrogen and oxygen atoms in total. The van der Waals surface area contributed by atoms with Crippen LogP contribution in [0.5, 0.6) is 0 Å². The molecule has 0 aromatic carbocycles. The van der Waals surface area contributed by atoms with Crippen LogP contribution in [0, 0.1) is 5.92 Å². The standard InChI is InChI=1S/C17H30O5/c1-12(18)13(8-10-14(19)21-16(2,3)4)9-11-15(20)22-17(5,6)7/h13H,8-11H2,1-7H3. The summed E-state index contributed by atoms with van der Waals surface area (Å²) < 4.78 is 10.4. The molecule has 0 aromatic heterocycles. The zero-order valence-electron chi connectivity index (χ0n) is 14.9. The lowest BCUT2D eigenvalue weighted by molar-refractivity contribution is -0.155. The van der Waals surface area contributed by atoms with Gasteiger partial charge in [-0.1, -0.05) is 0 Å². The number of esters is 2. The molecule has 0 bridgehead atoms. The summed E-state index contributed by atoms with van der Waals surface area (Å²) in [5.41, 5.74) is -1.06. The summed E-state index contributed by atoms with van der Waals surface area (Å²) in [5, 5.41) is 0. The van der Waals surface area contributed by atoms with E-state index in [9.17, 15) is 14.4 Å². The minimum absolute atomic E-state index is 0.0212. The number of rotatable bonds is 7. The topological polar surface area (TPSA) is 69.7 Å². The van der Waals surface area contributed by atoms with Crippen LogP contribution in [0.4, 0.5) is 0 Å². The van der Waals surface area contributed by atoms with Crippen LogP contribution >= 0.6 is 0 Å². The molecule has 0 rings (SSSR count). The molecular weight excluding hydrogens is 284 g/mol. The largest absolute Gasteiger partial charge is 0.460 e. The van der Waals surface area contributed by atoms with Crippen molar-refractivity contribution in [3.05, 3.63) is 0 Å². The van der Waals surface area contributed by atoms with E-state index in [1.165, 1.54) is 6.92 Å². The molecule has 0 saturated carbocycles. The molecule has 0 fully saturated rings. The second kappa shape index (κ2) is 8.30. The third-order valence-electron chi connectivity index (χ3n) is 2.81. The lowest BCUT2D eigenvalue weighted by Gasteiger charge is -2.21. The quantitative estimate of drug-likeness (QED) is 0.673. The minimum atomic E-state index is -0.528. The summed E-state index contributed by atoms with van der Waals surface area (Å²) in [5.74, 6) is -0.987. The SMILES string of the molecule is CC(=O)C(CCC(=O)OC(C)(C)C)CCC(=O)OC(C)(C)C. The highest BCUT2D eigenvalue weighted by molar-refractivity contribution is 5.80. The van der Waals surface area contributed by atoms with Crippen molar-refractivity contribution in [2.45, 2.75) is 85.4 Å². The highest BCUT2D eigenvalue weighted by Crippen LogP contribution is 2.19. The Kier molecular flexibility index (Phi) is 7.77. The van der Waals surface area contributed by atoms with Gasteiger partial charge >= 0.3 is 11.9 Å². The number of carbonyl (C=O) groups excluding carboxylic acids is 3. The highest BCUT2D eigenvalue weighted by atomic mass is 16.6. The van der Waals surface area contributed by atoms with E-state index >= 15 is 0 Å². The summed E-state index contributed by atoms with van der Waals surface area (Å²) in [7, 11) is 0. The third kappa shape index (κ3) is 11.3. The molecule has 5 heteroatoms. The van der Waals surface area contributed by atoms with Crippen molar-refractivity contribution < 1.29 is 23.9 Å². The van der Waals surface area contributed by atoms with Gasteiger partial charge in [0, 0.05) is 18.8 Å². The summed E-state index contributed by atoms with van der Waals surface area (Å²) in [4.78, 5) is 35.0. The van der Waals surface area contributed by atoms with Crippen LogP contribution < -0.4 is 0 Å². The fourth-order valence-electron chi connectivity index (χ4n) is 1.92. The van der Waals surface area contributed by atoms with E-state index in [0.29, 0.717) is 12.8 Å². The van der Waals surface area contributed by atoms with Crippen LogP contribution in [0.2, 0.25) is 0 Å².